The Morgan fingerprint density at radius 3 is 2.50 bits per heavy atom. The molecule has 4 nitrogen and oxygen atoms in total. The molecule has 0 spiro atoms. The van der Waals surface area contributed by atoms with E-state index in [9.17, 15) is 9.59 Å². The number of esters is 1. The zero-order valence-corrected chi connectivity index (χ0v) is 15.0. The Morgan fingerprint density at radius 1 is 1.21 bits per heavy atom. The van der Waals surface area contributed by atoms with Gasteiger partial charge in [-0.15, -0.1) is 0 Å². The maximum absolute atomic E-state index is 12.7. The number of rotatable bonds is 5. The van der Waals surface area contributed by atoms with E-state index in [0.29, 0.717) is 12.8 Å². The third-order valence-corrected chi connectivity index (χ3v) is 4.60. The van der Waals surface area contributed by atoms with Crippen LogP contribution in [0.15, 0.2) is 30.4 Å². The first-order valence-electron chi connectivity index (χ1n) is 8.66. The molecule has 130 valence electrons. The van der Waals surface area contributed by atoms with Crippen molar-refractivity contribution in [3.05, 3.63) is 41.5 Å². The third-order valence-electron chi connectivity index (χ3n) is 4.60. The highest BCUT2D eigenvalue weighted by Crippen LogP contribution is 2.29. The predicted octanol–water partition coefficient (Wildman–Crippen LogP) is 4.17. The maximum Gasteiger partial charge on any atom is 0.310 e. The summed E-state index contributed by atoms with van der Waals surface area (Å²) in [6, 6.07) is 5.91. The van der Waals surface area contributed by atoms with Gasteiger partial charge in [-0.05, 0) is 51.7 Å². The standard InChI is InChI=1S/C20H27NO3/c1-5-15(4)24-20(23)17-9-7-6-8-16(17)19(22)21-18-11-10-13(2)12-14(18)3/h6-7,10-12,15-17H,5,8-9H2,1-4H3,(H,21,22)/t15-,16-,17-/m0/s1. The van der Waals surface area contributed by atoms with Crippen molar-refractivity contribution < 1.29 is 14.3 Å². The molecule has 24 heavy (non-hydrogen) atoms. The van der Waals surface area contributed by atoms with Crippen molar-refractivity contribution in [3.63, 3.8) is 0 Å². The first kappa shape index (κ1) is 18.2. The van der Waals surface area contributed by atoms with E-state index in [2.05, 4.69) is 5.32 Å². The first-order valence-corrected chi connectivity index (χ1v) is 8.66. The summed E-state index contributed by atoms with van der Waals surface area (Å²) in [5.74, 6) is -1.17. The summed E-state index contributed by atoms with van der Waals surface area (Å²) in [6.07, 6.45) is 5.71. The van der Waals surface area contributed by atoms with Gasteiger partial charge >= 0.3 is 5.97 Å². The smallest absolute Gasteiger partial charge is 0.310 e. The van der Waals surface area contributed by atoms with Gasteiger partial charge in [0.05, 0.1) is 17.9 Å². The molecule has 1 N–H and O–H groups in total. The topological polar surface area (TPSA) is 55.4 Å². The summed E-state index contributed by atoms with van der Waals surface area (Å²) in [4.78, 5) is 25.1. The number of hydrogen-bond acceptors (Lipinski definition) is 3. The van der Waals surface area contributed by atoms with Gasteiger partial charge in [0.15, 0.2) is 0 Å². The van der Waals surface area contributed by atoms with Gasteiger partial charge in [0, 0.05) is 5.69 Å². The molecule has 0 fully saturated rings. The van der Waals surface area contributed by atoms with Crippen molar-refractivity contribution in [3.8, 4) is 0 Å². The van der Waals surface area contributed by atoms with Crippen molar-refractivity contribution in [1.82, 2.24) is 0 Å². The number of anilines is 1. The van der Waals surface area contributed by atoms with Gasteiger partial charge in [-0.3, -0.25) is 9.59 Å². The lowest BCUT2D eigenvalue weighted by Gasteiger charge is -2.27. The summed E-state index contributed by atoms with van der Waals surface area (Å²) in [6.45, 7) is 7.84. The minimum absolute atomic E-state index is 0.114. The molecule has 0 radical (unpaired) electrons. The average Bonchev–Trinajstić information content (AvgIpc) is 2.57. The molecule has 0 saturated heterocycles. The number of allylic oxidation sites excluding steroid dienone is 2. The lowest BCUT2D eigenvalue weighted by molar-refractivity contribution is -0.157. The van der Waals surface area contributed by atoms with E-state index in [1.807, 2.05) is 58.0 Å². The number of carbonyl (C=O) groups is 2. The van der Waals surface area contributed by atoms with Crippen LogP contribution >= 0.6 is 0 Å². The second kappa shape index (κ2) is 8.13. The quantitative estimate of drug-likeness (QED) is 0.652. The van der Waals surface area contributed by atoms with Gasteiger partial charge in [-0.1, -0.05) is 36.8 Å². The van der Waals surface area contributed by atoms with Crippen LogP contribution in [0, 0.1) is 25.7 Å². The lowest BCUT2D eigenvalue weighted by atomic mass is 9.82. The third kappa shape index (κ3) is 4.47. The molecule has 0 unspecified atom stereocenters. The van der Waals surface area contributed by atoms with E-state index in [0.717, 1.165) is 23.2 Å². The van der Waals surface area contributed by atoms with E-state index in [-0.39, 0.29) is 23.9 Å². The predicted molar refractivity (Wildman–Crippen MR) is 95.7 cm³/mol. The second-order valence-corrected chi connectivity index (χ2v) is 6.62. The molecule has 3 atom stereocenters. The number of nitrogens with one attached hydrogen (secondary N) is 1. The number of aryl methyl sites for hydroxylation is 2. The molecule has 4 heteroatoms. The van der Waals surface area contributed by atoms with Crippen molar-refractivity contribution in [2.45, 2.75) is 53.1 Å². The Labute approximate surface area is 144 Å². The van der Waals surface area contributed by atoms with Gasteiger partial charge in [0.25, 0.3) is 0 Å². The number of carbonyl (C=O) groups excluding carboxylic acids is 2. The fourth-order valence-corrected chi connectivity index (χ4v) is 2.91. The molecule has 1 aliphatic carbocycles. The van der Waals surface area contributed by atoms with Gasteiger partial charge in [-0.25, -0.2) is 0 Å². The Kier molecular flexibility index (Phi) is 6.18. The molecule has 1 amide bonds. The lowest BCUT2D eigenvalue weighted by Crippen LogP contribution is -2.36. The van der Waals surface area contributed by atoms with Crippen LogP contribution < -0.4 is 5.32 Å². The van der Waals surface area contributed by atoms with E-state index in [1.54, 1.807) is 0 Å². The molecule has 0 aliphatic heterocycles. The molecular weight excluding hydrogens is 302 g/mol. The minimum Gasteiger partial charge on any atom is -0.462 e. The van der Waals surface area contributed by atoms with E-state index >= 15 is 0 Å². The van der Waals surface area contributed by atoms with Crippen LogP contribution in [0.4, 0.5) is 5.69 Å². The monoisotopic (exact) mass is 329 g/mol. The van der Waals surface area contributed by atoms with Crippen molar-refractivity contribution in [1.29, 1.82) is 0 Å². The summed E-state index contributed by atoms with van der Waals surface area (Å²) in [5.41, 5.74) is 2.98. The Hall–Kier alpha value is -2.10. The van der Waals surface area contributed by atoms with Crippen LogP contribution in [-0.4, -0.2) is 18.0 Å². The molecular formula is C20H27NO3. The average molecular weight is 329 g/mol. The second-order valence-electron chi connectivity index (χ2n) is 6.62. The fourth-order valence-electron chi connectivity index (χ4n) is 2.91. The van der Waals surface area contributed by atoms with Crippen LogP contribution in [0.3, 0.4) is 0 Å². The highest BCUT2D eigenvalue weighted by Gasteiger charge is 2.35. The van der Waals surface area contributed by atoms with E-state index < -0.39 is 5.92 Å². The normalized spacial score (nSPS) is 21.2. The van der Waals surface area contributed by atoms with Gasteiger partial charge < -0.3 is 10.1 Å². The Bertz CT molecular complexity index is 636. The van der Waals surface area contributed by atoms with Gasteiger partial charge in [0.2, 0.25) is 5.91 Å². The van der Waals surface area contributed by atoms with Crippen molar-refractivity contribution >= 4 is 17.6 Å². The first-order chi connectivity index (χ1) is 11.4. The molecule has 0 saturated carbocycles. The number of amides is 1. The molecule has 0 bridgehead atoms. The fraction of sp³-hybridized carbons (Fsp3) is 0.500. The molecule has 0 aromatic heterocycles. The Balaban J connectivity index is 2.10. The zero-order chi connectivity index (χ0) is 17.7. The summed E-state index contributed by atoms with van der Waals surface area (Å²) < 4.78 is 5.46. The number of ether oxygens (including phenoxy) is 1. The molecule has 1 aliphatic rings. The zero-order valence-electron chi connectivity index (χ0n) is 15.0. The Morgan fingerprint density at radius 2 is 1.88 bits per heavy atom. The number of benzene rings is 1. The van der Waals surface area contributed by atoms with Crippen LogP contribution in [-0.2, 0) is 14.3 Å². The summed E-state index contributed by atoms with van der Waals surface area (Å²) in [5, 5.41) is 2.98. The molecule has 1 aromatic rings. The number of hydrogen-bond donors (Lipinski definition) is 1. The molecule has 0 heterocycles. The highest BCUT2D eigenvalue weighted by atomic mass is 16.5. The van der Waals surface area contributed by atoms with Crippen LogP contribution in [0.5, 0.6) is 0 Å². The largest absolute Gasteiger partial charge is 0.462 e. The van der Waals surface area contributed by atoms with Gasteiger partial charge in [-0.2, -0.15) is 0 Å². The van der Waals surface area contributed by atoms with E-state index in [1.165, 1.54) is 0 Å². The highest BCUT2D eigenvalue weighted by molar-refractivity contribution is 5.96. The molecule has 1 aromatic carbocycles. The van der Waals surface area contributed by atoms with Crippen LogP contribution in [0.1, 0.15) is 44.2 Å². The minimum atomic E-state index is -0.408. The van der Waals surface area contributed by atoms with Crippen molar-refractivity contribution in [2.75, 3.05) is 5.32 Å². The molecule has 2 rings (SSSR count). The van der Waals surface area contributed by atoms with Gasteiger partial charge in [0.1, 0.15) is 0 Å². The van der Waals surface area contributed by atoms with Crippen LogP contribution in [0.2, 0.25) is 0 Å². The van der Waals surface area contributed by atoms with E-state index in [4.69, 9.17) is 4.74 Å². The maximum atomic E-state index is 12.7. The van der Waals surface area contributed by atoms with Crippen molar-refractivity contribution in [2.24, 2.45) is 11.8 Å². The summed E-state index contributed by atoms with van der Waals surface area (Å²) in [7, 11) is 0. The summed E-state index contributed by atoms with van der Waals surface area (Å²) >= 11 is 0. The van der Waals surface area contributed by atoms with Crippen LogP contribution in [0.25, 0.3) is 0 Å². The SMILES string of the molecule is CC[C@H](C)OC(=O)[C@H]1CC=CC[C@@H]1C(=O)Nc1ccc(C)cc1C.